The standard InChI is InChI=1S/C7H7F4N3O/c8-6-5(13)3(2-12)1-4(14-6)15-7(9,10)11/h1H,2,12-13H2. The van der Waals surface area contributed by atoms with E-state index in [2.05, 4.69) is 9.72 Å². The van der Waals surface area contributed by atoms with E-state index < -0.39 is 18.2 Å². The summed E-state index contributed by atoms with van der Waals surface area (Å²) in [5.41, 5.74) is 9.93. The first-order valence-corrected chi connectivity index (χ1v) is 3.74. The van der Waals surface area contributed by atoms with E-state index in [4.69, 9.17) is 11.5 Å². The second kappa shape index (κ2) is 3.89. The molecular weight excluding hydrogens is 218 g/mol. The van der Waals surface area contributed by atoms with Crippen molar-refractivity contribution < 1.29 is 22.3 Å². The molecule has 0 aromatic carbocycles. The summed E-state index contributed by atoms with van der Waals surface area (Å²) in [7, 11) is 0. The molecule has 8 heteroatoms. The molecule has 84 valence electrons. The van der Waals surface area contributed by atoms with E-state index in [1.807, 2.05) is 0 Å². The van der Waals surface area contributed by atoms with Crippen LogP contribution in [-0.4, -0.2) is 11.3 Å². The molecule has 1 aromatic rings. The fourth-order valence-corrected chi connectivity index (χ4v) is 0.888. The fourth-order valence-electron chi connectivity index (χ4n) is 0.888. The van der Waals surface area contributed by atoms with Crippen LogP contribution in [0.4, 0.5) is 23.2 Å². The molecule has 0 unspecified atom stereocenters. The van der Waals surface area contributed by atoms with Crippen molar-refractivity contribution in [1.29, 1.82) is 0 Å². The first-order valence-electron chi connectivity index (χ1n) is 3.74. The molecule has 0 fully saturated rings. The molecule has 0 aliphatic heterocycles. The molecule has 4 N–H and O–H groups in total. The summed E-state index contributed by atoms with van der Waals surface area (Å²) in [5, 5.41) is 0. The van der Waals surface area contributed by atoms with E-state index in [-0.39, 0.29) is 17.8 Å². The van der Waals surface area contributed by atoms with Crippen LogP contribution in [0.1, 0.15) is 5.56 Å². The topological polar surface area (TPSA) is 74.2 Å². The average Bonchev–Trinajstić information content (AvgIpc) is 2.08. The maximum atomic E-state index is 12.9. The number of alkyl halides is 3. The molecule has 4 nitrogen and oxygen atoms in total. The van der Waals surface area contributed by atoms with Crippen LogP contribution in [0.25, 0.3) is 0 Å². The van der Waals surface area contributed by atoms with Gasteiger partial charge < -0.3 is 16.2 Å². The minimum atomic E-state index is -4.93. The molecule has 0 spiro atoms. The van der Waals surface area contributed by atoms with E-state index in [1.54, 1.807) is 0 Å². The zero-order valence-electron chi connectivity index (χ0n) is 7.31. The van der Waals surface area contributed by atoms with Gasteiger partial charge in [0, 0.05) is 12.6 Å². The highest BCUT2D eigenvalue weighted by Crippen LogP contribution is 2.25. The van der Waals surface area contributed by atoms with E-state index in [1.165, 1.54) is 0 Å². The van der Waals surface area contributed by atoms with Gasteiger partial charge in [-0.3, -0.25) is 0 Å². The van der Waals surface area contributed by atoms with Crippen molar-refractivity contribution in [3.63, 3.8) is 0 Å². The van der Waals surface area contributed by atoms with Gasteiger partial charge in [0.2, 0.25) is 11.8 Å². The van der Waals surface area contributed by atoms with Gasteiger partial charge in [0.15, 0.2) is 0 Å². The van der Waals surface area contributed by atoms with Gasteiger partial charge in [-0.25, -0.2) is 0 Å². The summed E-state index contributed by atoms with van der Waals surface area (Å²) >= 11 is 0. The van der Waals surface area contributed by atoms with Crippen LogP contribution in [0.15, 0.2) is 6.07 Å². The number of aromatic nitrogens is 1. The van der Waals surface area contributed by atoms with Crippen molar-refractivity contribution in [2.24, 2.45) is 5.73 Å². The molecule has 1 aromatic heterocycles. The smallest absolute Gasteiger partial charge is 0.395 e. The maximum absolute atomic E-state index is 12.9. The van der Waals surface area contributed by atoms with Gasteiger partial charge in [0.05, 0.1) is 5.69 Å². The number of pyridine rings is 1. The Hall–Kier alpha value is -1.57. The normalized spacial score (nSPS) is 11.5. The van der Waals surface area contributed by atoms with Crippen LogP contribution >= 0.6 is 0 Å². The number of hydrogen-bond acceptors (Lipinski definition) is 4. The second-order valence-corrected chi connectivity index (χ2v) is 2.58. The van der Waals surface area contributed by atoms with Gasteiger partial charge in [-0.05, 0) is 5.56 Å². The fraction of sp³-hybridized carbons (Fsp3) is 0.286. The van der Waals surface area contributed by atoms with Crippen LogP contribution in [0.5, 0.6) is 5.88 Å². The minimum absolute atomic E-state index is 0.00162. The average molecular weight is 225 g/mol. The Kier molecular flexibility index (Phi) is 2.98. The Morgan fingerprint density at radius 1 is 1.40 bits per heavy atom. The molecular formula is C7H7F4N3O. The largest absolute Gasteiger partial charge is 0.574 e. The van der Waals surface area contributed by atoms with Crippen molar-refractivity contribution in [2.75, 3.05) is 5.73 Å². The number of rotatable bonds is 2. The predicted octanol–water partition coefficient (Wildman–Crippen LogP) is 1.16. The maximum Gasteiger partial charge on any atom is 0.574 e. The lowest BCUT2D eigenvalue weighted by molar-refractivity contribution is -0.276. The highest BCUT2D eigenvalue weighted by Gasteiger charge is 2.32. The van der Waals surface area contributed by atoms with Gasteiger partial charge in [-0.2, -0.15) is 9.37 Å². The van der Waals surface area contributed by atoms with Crippen LogP contribution in [-0.2, 0) is 6.54 Å². The van der Waals surface area contributed by atoms with E-state index >= 15 is 0 Å². The first kappa shape index (κ1) is 11.5. The summed E-state index contributed by atoms with van der Waals surface area (Å²) in [6.45, 7) is -0.209. The molecule has 1 heterocycles. The lowest BCUT2D eigenvalue weighted by Gasteiger charge is -2.10. The summed E-state index contributed by atoms with van der Waals surface area (Å²) in [6.07, 6.45) is -4.93. The molecule has 0 aliphatic carbocycles. The van der Waals surface area contributed by atoms with Crippen LogP contribution in [0, 0.1) is 5.95 Å². The third-order valence-electron chi connectivity index (χ3n) is 1.51. The number of anilines is 1. The second-order valence-electron chi connectivity index (χ2n) is 2.58. The van der Waals surface area contributed by atoms with Crippen LogP contribution < -0.4 is 16.2 Å². The zero-order valence-corrected chi connectivity index (χ0v) is 7.31. The number of nitrogen functional groups attached to an aromatic ring is 1. The molecule has 1 rings (SSSR count). The van der Waals surface area contributed by atoms with Gasteiger partial charge in [-0.1, -0.05) is 0 Å². The highest BCUT2D eigenvalue weighted by atomic mass is 19.4. The van der Waals surface area contributed by atoms with Gasteiger partial charge >= 0.3 is 6.36 Å². The van der Waals surface area contributed by atoms with Crippen molar-refractivity contribution in [3.05, 3.63) is 17.6 Å². The predicted molar refractivity (Wildman–Crippen MR) is 43.2 cm³/mol. The molecule has 0 amide bonds. The number of halogens is 4. The van der Waals surface area contributed by atoms with Crippen LogP contribution in [0.2, 0.25) is 0 Å². The number of nitrogens with zero attached hydrogens (tertiary/aromatic N) is 1. The summed E-state index contributed by atoms with van der Waals surface area (Å²) in [5.74, 6) is -2.16. The number of ether oxygens (including phenoxy) is 1. The Labute approximate surface area is 81.8 Å². The van der Waals surface area contributed by atoms with Crippen molar-refractivity contribution in [3.8, 4) is 5.88 Å². The number of nitrogens with two attached hydrogens (primary N) is 2. The molecule has 0 saturated heterocycles. The van der Waals surface area contributed by atoms with Crippen molar-refractivity contribution in [1.82, 2.24) is 4.98 Å². The van der Waals surface area contributed by atoms with E-state index in [9.17, 15) is 17.6 Å². The molecule has 0 radical (unpaired) electrons. The van der Waals surface area contributed by atoms with Gasteiger partial charge in [0.25, 0.3) is 0 Å². The quantitative estimate of drug-likeness (QED) is 0.585. The molecule has 0 bridgehead atoms. The third kappa shape index (κ3) is 2.94. The molecule has 0 saturated carbocycles. The highest BCUT2D eigenvalue weighted by molar-refractivity contribution is 5.47. The minimum Gasteiger partial charge on any atom is -0.395 e. The summed E-state index contributed by atoms with van der Waals surface area (Å²) < 4.78 is 51.6. The lowest BCUT2D eigenvalue weighted by atomic mass is 10.2. The molecule has 0 atom stereocenters. The number of hydrogen-bond donors (Lipinski definition) is 2. The van der Waals surface area contributed by atoms with Crippen molar-refractivity contribution >= 4 is 5.69 Å². The lowest BCUT2D eigenvalue weighted by Crippen LogP contribution is -2.19. The van der Waals surface area contributed by atoms with E-state index in [0.717, 1.165) is 6.07 Å². The Balaban J connectivity index is 3.06. The Morgan fingerprint density at radius 2 is 2.00 bits per heavy atom. The molecule has 0 aliphatic rings. The first-order chi connectivity index (χ1) is 6.83. The monoisotopic (exact) mass is 225 g/mol. The van der Waals surface area contributed by atoms with Crippen molar-refractivity contribution in [2.45, 2.75) is 12.9 Å². The van der Waals surface area contributed by atoms with Gasteiger partial charge in [-0.15, -0.1) is 13.2 Å². The summed E-state index contributed by atoms with van der Waals surface area (Å²) in [4.78, 5) is 2.88. The zero-order chi connectivity index (χ0) is 11.6. The third-order valence-corrected chi connectivity index (χ3v) is 1.51. The Bertz CT molecular complexity index is 366. The van der Waals surface area contributed by atoms with Gasteiger partial charge in [0.1, 0.15) is 0 Å². The van der Waals surface area contributed by atoms with Crippen LogP contribution in [0.3, 0.4) is 0 Å². The molecule has 15 heavy (non-hydrogen) atoms. The summed E-state index contributed by atoms with van der Waals surface area (Å²) in [6, 6.07) is 0.839. The van der Waals surface area contributed by atoms with E-state index in [0.29, 0.717) is 0 Å². The SMILES string of the molecule is NCc1cc(OC(F)(F)F)nc(F)c1N. The Morgan fingerprint density at radius 3 is 2.47 bits per heavy atom.